The van der Waals surface area contributed by atoms with Crippen LogP contribution in [-0.4, -0.2) is 36.7 Å². The fourth-order valence-electron chi connectivity index (χ4n) is 7.84. The monoisotopic (exact) mass is 682 g/mol. The van der Waals surface area contributed by atoms with E-state index in [1.54, 1.807) is 0 Å². The van der Waals surface area contributed by atoms with Crippen LogP contribution in [0, 0.1) is 0 Å². The molecule has 4 heteroatoms. The average molecular weight is 682 g/mol. The number of fused-ring (bicyclic) bond motifs is 2. The van der Waals surface area contributed by atoms with Crippen molar-refractivity contribution in [1.29, 1.82) is 0 Å². The fraction of sp³-hybridized carbons (Fsp3) is 0.533. The molecule has 2 heterocycles. The summed E-state index contributed by atoms with van der Waals surface area (Å²) < 4.78 is 5.10. The van der Waals surface area contributed by atoms with Gasteiger partial charge in [0, 0.05) is 35.0 Å². The summed E-state index contributed by atoms with van der Waals surface area (Å²) in [6.07, 6.45) is 29.0. The number of allylic oxidation sites excluding steroid dienone is 7. The van der Waals surface area contributed by atoms with E-state index in [9.17, 15) is 0 Å². The van der Waals surface area contributed by atoms with Gasteiger partial charge >= 0.3 is 0 Å². The molecule has 266 valence electrons. The maximum absolute atomic E-state index is 2.63. The lowest BCUT2D eigenvalue weighted by molar-refractivity contribution is -0.925. The first kappa shape index (κ1) is 38.8. The standard InChI is InChI=1S/C45H67N3S/c1-8-12-13-14-15-16-18-21-29-38(5)47-40-31-25-24-30-39(40)45(6,7)43(47)34-22-19-17-20-23-35-44-46(41-32-26-27-33-42(41)49-44)36-28-37-48(9-2,10-3)11-4/h17,19-20,22-27,30-35,38H,8-16,18,21,28-29,36-37H2,1-7H3/q+2. The summed E-state index contributed by atoms with van der Waals surface area (Å²) in [5, 5.41) is 1.33. The smallest absolute Gasteiger partial charge is 0.262 e. The van der Waals surface area contributed by atoms with Crippen molar-refractivity contribution in [3.05, 3.63) is 101 Å². The molecule has 0 radical (unpaired) electrons. The Hall–Kier alpha value is -2.95. The van der Waals surface area contributed by atoms with Gasteiger partial charge in [0.25, 0.3) is 5.01 Å². The maximum atomic E-state index is 2.63. The van der Waals surface area contributed by atoms with Crippen LogP contribution in [0.1, 0.15) is 123 Å². The predicted molar refractivity (Wildman–Crippen MR) is 217 cm³/mol. The van der Waals surface area contributed by atoms with E-state index < -0.39 is 0 Å². The number of benzene rings is 2. The Morgan fingerprint density at radius 2 is 1.39 bits per heavy atom. The van der Waals surface area contributed by atoms with Gasteiger partial charge in [-0.1, -0.05) is 144 Å². The van der Waals surface area contributed by atoms with E-state index >= 15 is 0 Å². The minimum Gasteiger partial charge on any atom is -0.341 e. The van der Waals surface area contributed by atoms with Gasteiger partial charge in [-0.3, -0.25) is 0 Å². The lowest BCUT2D eigenvalue weighted by Crippen LogP contribution is -2.49. The van der Waals surface area contributed by atoms with Crippen LogP contribution in [-0.2, 0) is 12.0 Å². The molecular weight excluding hydrogens is 615 g/mol. The number of para-hydroxylation sites is 2. The van der Waals surface area contributed by atoms with E-state index in [-0.39, 0.29) is 5.41 Å². The molecule has 1 aliphatic rings. The van der Waals surface area contributed by atoms with E-state index in [4.69, 9.17) is 0 Å². The number of unbranched alkanes of at least 4 members (excludes halogenated alkanes) is 7. The van der Waals surface area contributed by atoms with Gasteiger partial charge in [0.2, 0.25) is 5.52 Å². The zero-order valence-corrected chi connectivity index (χ0v) is 32.9. The highest BCUT2D eigenvalue weighted by Crippen LogP contribution is 2.49. The first-order valence-corrected chi connectivity index (χ1v) is 20.5. The molecule has 1 unspecified atom stereocenters. The Balaban J connectivity index is 1.41. The highest BCUT2D eigenvalue weighted by Gasteiger charge is 2.41. The second-order valence-electron chi connectivity index (χ2n) is 14.7. The molecule has 0 N–H and O–H groups in total. The summed E-state index contributed by atoms with van der Waals surface area (Å²) in [5.41, 5.74) is 5.57. The van der Waals surface area contributed by atoms with Crippen LogP contribution < -0.4 is 9.47 Å². The Labute approximate surface area is 304 Å². The van der Waals surface area contributed by atoms with Gasteiger partial charge in [-0.05, 0) is 57.9 Å². The van der Waals surface area contributed by atoms with Crippen molar-refractivity contribution in [2.24, 2.45) is 0 Å². The minimum atomic E-state index is -0.0170. The minimum absolute atomic E-state index is 0.0170. The summed E-state index contributed by atoms with van der Waals surface area (Å²) >= 11 is 1.90. The van der Waals surface area contributed by atoms with Crippen LogP contribution in [0.25, 0.3) is 16.3 Å². The van der Waals surface area contributed by atoms with Gasteiger partial charge in [-0.2, -0.15) is 4.57 Å². The summed E-state index contributed by atoms with van der Waals surface area (Å²) in [4.78, 5) is 2.63. The van der Waals surface area contributed by atoms with Crippen molar-refractivity contribution in [3.63, 3.8) is 0 Å². The van der Waals surface area contributed by atoms with Gasteiger partial charge in [0.15, 0.2) is 6.54 Å². The molecule has 1 atom stereocenters. The number of anilines is 1. The van der Waals surface area contributed by atoms with Crippen molar-refractivity contribution in [1.82, 2.24) is 0 Å². The van der Waals surface area contributed by atoms with E-state index in [2.05, 4.69) is 149 Å². The summed E-state index contributed by atoms with van der Waals surface area (Å²) in [6.45, 7) is 22.5. The lowest BCUT2D eigenvalue weighted by atomic mass is 9.83. The zero-order chi connectivity index (χ0) is 35.1. The molecule has 3 nitrogen and oxygen atoms in total. The number of hydrogen-bond acceptors (Lipinski definition) is 2. The molecule has 0 amide bonds. The van der Waals surface area contributed by atoms with E-state index in [1.165, 1.54) is 127 Å². The number of aromatic nitrogens is 1. The highest BCUT2D eigenvalue weighted by molar-refractivity contribution is 7.18. The number of rotatable bonds is 21. The molecule has 0 saturated heterocycles. The van der Waals surface area contributed by atoms with Crippen LogP contribution >= 0.6 is 11.3 Å². The molecule has 0 fully saturated rings. The van der Waals surface area contributed by atoms with Gasteiger partial charge in [0.1, 0.15) is 4.70 Å². The van der Waals surface area contributed by atoms with Crippen LogP contribution in [0.5, 0.6) is 0 Å². The third kappa shape index (κ3) is 10.1. The number of thiazole rings is 1. The van der Waals surface area contributed by atoms with Gasteiger partial charge in [-0.25, -0.2) is 0 Å². The largest absolute Gasteiger partial charge is 0.341 e. The Kier molecular flexibility index (Phi) is 15.4. The molecule has 0 aliphatic carbocycles. The molecule has 49 heavy (non-hydrogen) atoms. The summed E-state index contributed by atoms with van der Waals surface area (Å²) in [7, 11) is 0. The average Bonchev–Trinajstić information content (AvgIpc) is 3.58. The Morgan fingerprint density at radius 1 is 0.755 bits per heavy atom. The normalized spacial score (nSPS) is 16.3. The van der Waals surface area contributed by atoms with Crippen molar-refractivity contribution < 1.29 is 9.05 Å². The molecule has 1 aliphatic heterocycles. The second kappa shape index (κ2) is 19.4. The number of nitrogens with zero attached hydrogens (tertiary/aromatic N) is 3. The first-order valence-electron chi connectivity index (χ1n) is 19.7. The number of quaternary nitrogens is 1. The highest BCUT2D eigenvalue weighted by atomic mass is 32.1. The topological polar surface area (TPSA) is 7.12 Å². The van der Waals surface area contributed by atoms with Crippen LogP contribution in [0.4, 0.5) is 5.69 Å². The molecular formula is C45H67N3S+2. The van der Waals surface area contributed by atoms with E-state index in [0.29, 0.717) is 6.04 Å². The maximum Gasteiger partial charge on any atom is 0.262 e. The molecule has 0 spiro atoms. The molecule has 0 saturated carbocycles. The molecule has 2 aromatic carbocycles. The third-order valence-electron chi connectivity index (χ3n) is 11.3. The molecule has 3 aromatic rings. The van der Waals surface area contributed by atoms with Crippen molar-refractivity contribution in [2.45, 2.75) is 131 Å². The van der Waals surface area contributed by atoms with Crippen LogP contribution in [0.2, 0.25) is 0 Å². The van der Waals surface area contributed by atoms with Gasteiger partial charge < -0.3 is 9.38 Å². The zero-order valence-electron chi connectivity index (χ0n) is 32.1. The lowest BCUT2D eigenvalue weighted by Gasteiger charge is -2.35. The van der Waals surface area contributed by atoms with E-state index in [1.807, 2.05) is 11.3 Å². The van der Waals surface area contributed by atoms with Gasteiger partial charge in [0.05, 0.1) is 32.6 Å². The van der Waals surface area contributed by atoms with Gasteiger partial charge in [-0.15, -0.1) is 0 Å². The van der Waals surface area contributed by atoms with Crippen molar-refractivity contribution >= 4 is 33.3 Å². The SMILES string of the molecule is CCCCCCCCCCC(C)N1C(=CC=CC=CC=Cc2sc3ccccc3[n+]2CCC[N+](CC)(CC)CC)C(C)(C)c2ccccc21. The summed E-state index contributed by atoms with van der Waals surface area (Å²) in [5.74, 6) is 0. The van der Waals surface area contributed by atoms with Crippen molar-refractivity contribution in [3.8, 4) is 0 Å². The quantitative estimate of drug-likeness (QED) is 0.0470. The molecule has 1 aromatic heterocycles. The fourth-order valence-corrected chi connectivity index (χ4v) is 8.94. The first-order chi connectivity index (χ1) is 23.8. The Bertz CT molecular complexity index is 1540. The van der Waals surface area contributed by atoms with Crippen LogP contribution in [0.3, 0.4) is 0 Å². The number of hydrogen-bond donors (Lipinski definition) is 0. The third-order valence-corrected chi connectivity index (χ3v) is 12.4. The molecule has 4 rings (SSSR count). The summed E-state index contributed by atoms with van der Waals surface area (Å²) in [6, 6.07) is 18.4. The molecule has 0 bridgehead atoms. The Morgan fingerprint density at radius 3 is 2.12 bits per heavy atom. The number of aryl methyl sites for hydroxylation is 1. The van der Waals surface area contributed by atoms with Crippen LogP contribution in [0.15, 0.2) is 90.7 Å². The van der Waals surface area contributed by atoms with Crippen molar-refractivity contribution in [2.75, 3.05) is 31.1 Å². The van der Waals surface area contributed by atoms with E-state index in [0.717, 1.165) is 6.54 Å². The second-order valence-corrected chi connectivity index (χ2v) is 15.8. The predicted octanol–water partition coefficient (Wildman–Crippen LogP) is 12.2.